The molecule has 1 aliphatic carbocycles. The third kappa shape index (κ3) is 4.28. The molecular formula is C13H24O. The molecule has 1 heteroatoms. The van der Waals surface area contributed by atoms with E-state index in [4.69, 9.17) is 0 Å². The Labute approximate surface area is 88.2 Å². The van der Waals surface area contributed by atoms with Gasteiger partial charge in [0.1, 0.15) is 0 Å². The molecule has 0 bridgehead atoms. The van der Waals surface area contributed by atoms with E-state index >= 15 is 0 Å². The second-order valence-electron chi connectivity index (χ2n) is 5.71. The zero-order chi connectivity index (χ0) is 10.6. The van der Waals surface area contributed by atoms with Gasteiger partial charge in [0.25, 0.3) is 0 Å². The van der Waals surface area contributed by atoms with Crippen molar-refractivity contribution in [1.82, 2.24) is 0 Å². The summed E-state index contributed by atoms with van der Waals surface area (Å²) < 4.78 is 0. The molecule has 0 aromatic heterocycles. The molecule has 0 spiro atoms. The van der Waals surface area contributed by atoms with Crippen LogP contribution in [0.25, 0.3) is 0 Å². The Morgan fingerprint density at radius 2 is 1.86 bits per heavy atom. The highest BCUT2D eigenvalue weighted by atomic mass is 16.3. The molecular weight excluding hydrogens is 172 g/mol. The summed E-state index contributed by atoms with van der Waals surface area (Å²) in [5.41, 5.74) is 0.371. The lowest BCUT2D eigenvalue weighted by atomic mass is 9.85. The summed E-state index contributed by atoms with van der Waals surface area (Å²) in [6.07, 6.45) is 10.1. The van der Waals surface area contributed by atoms with Crippen molar-refractivity contribution in [3.8, 4) is 0 Å². The zero-order valence-corrected chi connectivity index (χ0v) is 9.79. The van der Waals surface area contributed by atoms with Gasteiger partial charge in [0.05, 0.1) is 6.10 Å². The molecule has 0 unspecified atom stereocenters. The summed E-state index contributed by atoms with van der Waals surface area (Å²) in [6.45, 7) is 6.73. The number of rotatable bonds is 2. The lowest BCUT2D eigenvalue weighted by molar-refractivity contribution is 0.0925. The van der Waals surface area contributed by atoms with Crippen LogP contribution in [0.1, 0.15) is 52.9 Å². The minimum Gasteiger partial charge on any atom is -0.393 e. The van der Waals surface area contributed by atoms with Crippen molar-refractivity contribution in [3.63, 3.8) is 0 Å². The van der Waals surface area contributed by atoms with Crippen LogP contribution in [0.4, 0.5) is 0 Å². The van der Waals surface area contributed by atoms with E-state index in [9.17, 15) is 5.11 Å². The third-order valence-corrected chi connectivity index (χ3v) is 2.90. The van der Waals surface area contributed by atoms with Gasteiger partial charge < -0.3 is 5.11 Å². The molecule has 0 radical (unpaired) electrons. The molecule has 1 rings (SSSR count). The molecule has 0 heterocycles. The summed E-state index contributed by atoms with van der Waals surface area (Å²) in [5, 5.41) is 9.75. The summed E-state index contributed by atoms with van der Waals surface area (Å²) in [6, 6.07) is 0. The molecule has 14 heavy (non-hydrogen) atoms. The van der Waals surface area contributed by atoms with E-state index in [2.05, 4.69) is 32.9 Å². The lowest BCUT2D eigenvalue weighted by Gasteiger charge is -2.25. The first-order chi connectivity index (χ1) is 6.49. The Balaban J connectivity index is 2.34. The van der Waals surface area contributed by atoms with Gasteiger partial charge in [-0.25, -0.2) is 0 Å². The van der Waals surface area contributed by atoms with Crippen LogP contribution < -0.4 is 0 Å². The second-order valence-corrected chi connectivity index (χ2v) is 5.71. The fourth-order valence-electron chi connectivity index (χ4n) is 1.96. The van der Waals surface area contributed by atoms with Crippen LogP contribution in [0, 0.1) is 11.3 Å². The SMILES string of the molecule is CC(C)(C)C/C=C/[C@@H]1CCCC[C@H]1O. The molecule has 1 nitrogen and oxygen atoms in total. The minimum absolute atomic E-state index is 0.0834. The van der Waals surface area contributed by atoms with E-state index in [1.165, 1.54) is 19.3 Å². The van der Waals surface area contributed by atoms with Gasteiger partial charge in [0.2, 0.25) is 0 Å². The van der Waals surface area contributed by atoms with Crippen molar-refractivity contribution in [2.45, 2.75) is 59.0 Å². The first-order valence-corrected chi connectivity index (χ1v) is 5.84. The fourth-order valence-corrected chi connectivity index (χ4v) is 1.96. The van der Waals surface area contributed by atoms with Crippen LogP contribution in [0.5, 0.6) is 0 Å². The van der Waals surface area contributed by atoms with Gasteiger partial charge in [-0.1, -0.05) is 45.8 Å². The third-order valence-electron chi connectivity index (χ3n) is 2.90. The van der Waals surface area contributed by atoms with E-state index < -0.39 is 0 Å². The van der Waals surface area contributed by atoms with Crippen LogP contribution in [-0.4, -0.2) is 11.2 Å². The Morgan fingerprint density at radius 1 is 1.21 bits per heavy atom. The summed E-state index contributed by atoms with van der Waals surface area (Å²) in [4.78, 5) is 0. The first-order valence-electron chi connectivity index (χ1n) is 5.84. The smallest absolute Gasteiger partial charge is 0.0602 e. The van der Waals surface area contributed by atoms with Gasteiger partial charge >= 0.3 is 0 Å². The van der Waals surface area contributed by atoms with Crippen molar-refractivity contribution in [2.75, 3.05) is 0 Å². The summed E-state index contributed by atoms with van der Waals surface area (Å²) >= 11 is 0. The molecule has 0 saturated heterocycles. The van der Waals surface area contributed by atoms with Crippen LogP contribution >= 0.6 is 0 Å². The predicted octanol–water partition coefficient (Wildman–Crippen LogP) is 3.53. The van der Waals surface area contributed by atoms with Gasteiger partial charge in [0.15, 0.2) is 0 Å². The molecule has 0 aromatic carbocycles. The maximum absolute atomic E-state index is 9.75. The van der Waals surface area contributed by atoms with Gasteiger partial charge in [-0.3, -0.25) is 0 Å². The van der Waals surface area contributed by atoms with Crippen molar-refractivity contribution in [1.29, 1.82) is 0 Å². The van der Waals surface area contributed by atoms with Crippen molar-refractivity contribution >= 4 is 0 Å². The van der Waals surface area contributed by atoms with E-state index in [1.54, 1.807) is 0 Å². The Bertz CT molecular complexity index is 188. The molecule has 82 valence electrons. The highest BCUT2D eigenvalue weighted by molar-refractivity contribution is 4.95. The molecule has 1 aliphatic rings. The summed E-state index contributed by atoms with van der Waals surface area (Å²) in [5.74, 6) is 0.422. The van der Waals surface area contributed by atoms with E-state index in [0.29, 0.717) is 11.3 Å². The Hall–Kier alpha value is -0.300. The number of hydrogen-bond acceptors (Lipinski definition) is 1. The quantitative estimate of drug-likeness (QED) is 0.670. The minimum atomic E-state index is -0.0834. The monoisotopic (exact) mass is 196 g/mol. The molecule has 1 saturated carbocycles. The molecule has 1 fully saturated rings. The number of hydrogen-bond donors (Lipinski definition) is 1. The summed E-state index contributed by atoms with van der Waals surface area (Å²) in [7, 11) is 0. The maximum atomic E-state index is 9.75. The van der Waals surface area contributed by atoms with Crippen LogP contribution in [0.3, 0.4) is 0 Å². The van der Waals surface area contributed by atoms with Crippen molar-refractivity contribution in [2.24, 2.45) is 11.3 Å². The normalized spacial score (nSPS) is 29.7. The van der Waals surface area contributed by atoms with E-state index in [-0.39, 0.29) is 6.10 Å². The second kappa shape index (κ2) is 4.97. The van der Waals surface area contributed by atoms with Gasteiger partial charge in [-0.05, 0) is 24.7 Å². The molecule has 2 atom stereocenters. The number of aliphatic hydroxyl groups excluding tert-OH is 1. The zero-order valence-electron chi connectivity index (χ0n) is 9.79. The van der Waals surface area contributed by atoms with Gasteiger partial charge in [-0.15, -0.1) is 0 Å². The highest BCUT2D eigenvalue weighted by Crippen LogP contribution is 2.26. The van der Waals surface area contributed by atoms with E-state index in [0.717, 1.165) is 12.8 Å². The van der Waals surface area contributed by atoms with Crippen molar-refractivity contribution < 1.29 is 5.11 Å². The lowest BCUT2D eigenvalue weighted by Crippen LogP contribution is -2.22. The maximum Gasteiger partial charge on any atom is 0.0602 e. The average molecular weight is 196 g/mol. The van der Waals surface area contributed by atoms with Gasteiger partial charge in [-0.2, -0.15) is 0 Å². The number of allylic oxidation sites excluding steroid dienone is 1. The van der Waals surface area contributed by atoms with Crippen LogP contribution in [0.2, 0.25) is 0 Å². The first kappa shape index (κ1) is 11.8. The Morgan fingerprint density at radius 3 is 2.43 bits per heavy atom. The molecule has 1 N–H and O–H groups in total. The molecule has 0 amide bonds. The standard InChI is InChI=1S/C13H24O/c1-13(2,3)10-6-8-11-7-4-5-9-12(11)14/h6,8,11-12,14H,4-5,7,9-10H2,1-3H3/b8-6+/t11-,12+/m0/s1. The number of aliphatic hydroxyl groups is 1. The highest BCUT2D eigenvalue weighted by Gasteiger charge is 2.20. The topological polar surface area (TPSA) is 20.2 Å². The molecule has 0 aromatic rings. The van der Waals surface area contributed by atoms with Gasteiger partial charge in [0, 0.05) is 5.92 Å². The van der Waals surface area contributed by atoms with Crippen molar-refractivity contribution in [3.05, 3.63) is 12.2 Å². The Kier molecular flexibility index (Phi) is 4.18. The average Bonchev–Trinajstić information content (AvgIpc) is 2.06. The van der Waals surface area contributed by atoms with E-state index in [1.807, 2.05) is 0 Å². The molecule has 0 aliphatic heterocycles. The van der Waals surface area contributed by atoms with Crippen LogP contribution in [-0.2, 0) is 0 Å². The fraction of sp³-hybridized carbons (Fsp3) is 0.846. The predicted molar refractivity (Wildman–Crippen MR) is 61.2 cm³/mol. The van der Waals surface area contributed by atoms with Crippen LogP contribution in [0.15, 0.2) is 12.2 Å². The largest absolute Gasteiger partial charge is 0.393 e.